The van der Waals surface area contributed by atoms with Crippen molar-refractivity contribution in [3.05, 3.63) is 70.2 Å². The number of hydrogen-bond acceptors (Lipinski definition) is 1. The first-order chi connectivity index (χ1) is 9.56. The SMILES string of the molecule is CC(C)c1ccc(C(N)CCc2ccc(Cl)cc2)cc1. The van der Waals surface area contributed by atoms with Gasteiger partial charge in [0.1, 0.15) is 0 Å². The summed E-state index contributed by atoms with van der Waals surface area (Å²) >= 11 is 5.89. The summed E-state index contributed by atoms with van der Waals surface area (Å²) in [6.07, 6.45) is 1.92. The average Bonchev–Trinajstić information content (AvgIpc) is 2.46. The lowest BCUT2D eigenvalue weighted by atomic mass is 9.96. The number of aryl methyl sites for hydroxylation is 1. The Labute approximate surface area is 126 Å². The number of halogens is 1. The first-order valence-corrected chi connectivity index (χ1v) is 7.54. The zero-order chi connectivity index (χ0) is 14.5. The molecule has 0 heterocycles. The molecule has 2 heteroatoms. The molecule has 1 unspecified atom stereocenters. The molecule has 0 fully saturated rings. The summed E-state index contributed by atoms with van der Waals surface area (Å²) in [7, 11) is 0. The van der Waals surface area contributed by atoms with E-state index >= 15 is 0 Å². The van der Waals surface area contributed by atoms with Crippen molar-refractivity contribution in [1.82, 2.24) is 0 Å². The van der Waals surface area contributed by atoms with Gasteiger partial charge in [-0.05, 0) is 47.6 Å². The molecule has 2 aromatic rings. The molecule has 2 rings (SSSR count). The number of hydrogen-bond donors (Lipinski definition) is 1. The second-order valence-electron chi connectivity index (χ2n) is 5.59. The second-order valence-corrected chi connectivity index (χ2v) is 6.03. The minimum Gasteiger partial charge on any atom is -0.324 e. The minimum atomic E-state index is 0.0897. The zero-order valence-electron chi connectivity index (χ0n) is 12.1. The Kier molecular flexibility index (Phi) is 5.22. The molecule has 1 nitrogen and oxygen atoms in total. The monoisotopic (exact) mass is 287 g/mol. The van der Waals surface area contributed by atoms with Crippen molar-refractivity contribution in [3.63, 3.8) is 0 Å². The summed E-state index contributed by atoms with van der Waals surface area (Å²) in [5.41, 5.74) is 10.1. The highest BCUT2D eigenvalue weighted by Gasteiger charge is 2.07. The third-order valence-electron chi connectivity index (χ3n) is 3.69. The molecular formula is C18H22ClN. The molecule has 0 radical (unpaired) electrons. The highest BCUT2D eigenvalue weighted by atomic mass is 35.5. The average molecular weight is 288 g/mol. The van der Waals surface area contributed by atoms with E-state index in [1.165, 1.54) is 16.7 Å². The van der Waals surface area contributed by atoms with Gasteiger partial charge in [-0.2, -0.15) is 0 Å². The van der Waals surface area contributed by atoms with Crippen LogP contribution in [0.4, 0.5) is 0 Å². The Morgan fingerprint density at radius 2 is 1.45 bits per heavy atom. The van der Waals surface area contributed by atoms with E-state index in [9.17, 15) is 0 Å². The molecule has 20 heavy (non-hydrogen) atoms. The van der Waals surface area contributed by atoms with E-state index in [2.05, 4.69) is 50.2 Å². The third kappa shape index (κ3) is 4.09. The van der Waals surface area contributed by atoms with Gasteiger partial charge in [0, 0.05) is 11.1 Å². The van der Waals surface area contributed by atoms with Crippen molar-refractivity contribution in [2.75, 3.05) is 0 Å². The Morgan fingerprint density at radius 3 is 2.00 bits per heavy atom. The summed E-state index contributed by atoms with van der Waals surface area (Å²) in [5, 5.41) is 0.780. The van der Waals surface area contributed by atoms with Gasteiger partial charge in [0.25, 0.3) is 0 Å². The molecule has 0 spiro atoms. The smallest absolute Gasteiger partial charge is 0.0406 e. The van der Waals surface area contributed by atoms with E-state index < -0.39 is 0 Å². The summed E-state index contributed by atoms with van der Waals surface area (Å²) in [6.45, 7) is 4.41. The fourth-order valence-corrected chi connectivity index (χ4v) is 2.39. The van der Waals surface area contributed by atoms with E-state index in [-0.39, 0.29) is 6.04 Å². The van der Waals surface area contributed by atoms with Crippen LogP contribution in [0.15, 0.2) is 48.5 Å². The van der Waals surface area contributed by atoms with Gasteiger partial charge in [-0.15, -0.1) is 0 Å². The lowest BCUT2D eigenvalue weighted by molar-refractivity contribution is 0.651. The van der Waals surface area contributed by atoms with Crippen LogP contribution in [-0.2, 0) is 6.42 Å². The molecule has 0 saturated heterocycles. The molecule has 0 aliphatic heterocycles. The minimum absolute atomic E-state index is 0.0897. The molecule has 106 valence electrons. The first-order valence-electron chi connectivity index (χ1n) is 7.16. The van der Waals surface area contributed by atoms with Crippen LogP contribution in [0.25, 0.3) is 0 Å². The van der Waals surface area contributed by atoms with Gasteiger partial charge in [-0.25, -0.2) is 0 Å². The van der Waals surface area contributed by atoms with Gasteiger partial charge < -0.3 is 5.73 Å². The van der Waals surface area contributed by atoms with Gasteiger partial charge in [-0.1, -0.05) is 61.8 Å². The summed E-state index contributed by atoms with van der Waals surface area (Å²) in [5.74, 6) is 0.564. The predicted molar refractivity (Wildman–Crippen MR) is 87.2 cm³/mol. The van der Waals surface area contributed by atoms with Crippen molar-refractivity contribution in [2.24, 2.45) is 5.73 Å². The maximum absolute atomic E-state index is 6.27. The van der Waals surface area contributed by atoms with Crippen molar-refractivity contribution in [3.8, 4) is 0 Å². The maximum Gasteiger partial charge on any atom is 0.0406 e. The molecule has 1 atom stereocenters. The Bertz CT molecular complexity index is 528. The predicted octanol–water partition coefficient (Wildman–Crippen LogP) is 5.10. The van der Waals surface area contributed by atoms with E-state index in [1.807, 2.05) is 12.1 Å². The molecule has 0 aliphatic carbocycles. The molecule has 0 aliphatic rings. The van der Waals surface area contributed by atoms with Crippen LogP contribution < -0.4 is 5.73 Å². The van der Waals surface area contributed by atoms with E-state index in [0.717, 1.165) is 17.9 Å². The summed E-state index contributed by atoms with van der Waals surface area (Å²) in [4.78, 5) is 0. The van der Waals surface area contributed by atoms with Gasteiger partial charge in [0.2, 0.25) is 0 Å². The fourth-order valence-electron chi connectivity index (χ4n) is 2.27. The fraction of sp³-hybridized carbons (Fsp3) is 0.333. The van der Waals surface area contributed by atoms with Gasteiger partial charge in [-0.3, -0.25) is 0 Å². The van der Waals surface area contributed by atoms with Crippen molar-refractivity contribution >= 4 is 11.6 Å². The molecule has 0 amide bonds. The Hall–Kier alpha value is -1.31. The van der Waals surface area contributed by atoms with Crippen LogP contribution >= 0.6 is 11.6 Å². The summed E-state index contributed by atoms with van der Waals surface area (Å²) < 4.78 is 0. The van der Waals surface area contributed by atoms with Gasteiger partial charge in [0.05, 0.1) is 0 Å². The maximum atomic E-state index is 6.27. The van der Waals surface area contributed by atoms with Crippen LogP contribution in [0.1, 0.15) is 48.9 Å². The number of nitrogens with two attached hydrogens (primary N) is 1. The van der Waals surface area contributed by atoms with E-state index in [4.69, 9.17) is 17.3 Å². The second kappa shape index (κ2) is 6.92. The molecule has 0 saturated carbocycles. The van der Waals surface area contributed by atoms with E-state index in [1.54, 1.807) is 0 Å². The highest BCUT2D eigenvalue weighted by molar-refractivity contribution is 6.30. The standard InChI is InChI=1S/C18H22ClN/c1-13(2)15-6-8-16(9-7-15)18(20)12-5-14-3-10-17(19)11-4-14/h3-4,6-11,13,18H,5,12,20H2,1-2H3. The Morgan fingerprint density at radius 1 is 0.900 bits per heavy atom. The van der Waals surface area contributed by atoms with Crippen LogP contribution in [0, 0.1) is 0 Å². The van der Waals surface area contributed by atoms with Crippen molar-refractivity contribution < 1.29 is 0 Å². The topological polar surface area (TPSA) is 26.0 Å². The van der Waals surface area contributed by atoms with Gasteiger partial charge >= 0.3 is 0 Å². The zero-order valence-corrected chi connectivity index (χ0v) is 12.9. The summed E-state index contributed by atoms with van der Waals surface area (Å²) in [6, 6.07) is 16.8. The van der Waals surface area contributed by atoms with Crippen molar-refractivity contribution in [2.45, 2.75) is 38.6 Å². The number of rotatable bonds is 5. The lowest BCUT2D eigenvalue weighted by Gasteiger charge is -2.13. The van der Waals surface area contributed by atoms with E-state index in [0.29, 0.717) is 5.92 Å². The quantitative estimate of drug-likeness (QED) is 0.814. The molecule has 2 aromatic carbocycles. The lowest BCUT2D eigenvalue weighted by Crippen LogP contribution is -2.11. The third-order valence-corrected chi connectivity index (χ3v) is 3.94. The normalized spacial score (nSPS) is 12.7. The van der Waals surface area contributed by atoms with Crippen LogP contribution in [-0.4, -0.2) is 0 Å². The van der Waals surface area contributed by atoms with Crippen LogP contribution in [0.3, 0.4) is 0 Å². The largest absolute Gasteiger partial charge is 0.324 e. The highest BCUT2D eigenvalue weighted by Crippen LogP contribution is 2.21. The molecule has 0 bridgehead atoms. The molecule has 0 aromatic heterocycles. The van der Waals surface area contributed by atoms with Gasteiger partial charge in [0.15, 0.2) is 0 Å². The molecule has 2 N–H and O–H groups in total. The van der Waals surface area contributed by atoms with Crippen LogP contribution in [0.2, 0.25) is 5.02 Å². The number of benzene rings is 2. The Balaban J connectivity index is 1.94. The van der Waals surface area contributed by atoms with Crippen LogP contribution in [0.5, 0.6) is 0 Å². The van der Waals surface area contributed by atoms with Crippen molar-refractivity contribution in [1.29, 1.82) is 0 Å². The first kappa shape index (κ1) is 15.1. The molecular weight excluding hydrogens is 266 g/mol.